The largest absolute Gasteiger partial charge is 0.497 e. The molecule has 1 fully saturated rings. The average Bonchev–Trinajstić information content (AvgIpc) is 2.56. The standard InChI is InChI=1S/C16H19NO5/c1-3-4-14-20-10-16(9-17,11-21-14)15(18)22-13-7-5-12(19-2)6-8-13/h5-8,14H,3-4,10-11H2,1-2H3. The summed E-state index contributed by atoms with van der Waals surface area (Å²) in [4.78, 5) is 12.3. The van der Waals surface area contributed by atoms with Crippen molar-refractivity contribution >= 4 is 5.97 Å². The molecule has 22 heavy (non-hydrogen) atoms. The predicted molar refractivity (Wildman–Crippen MR) is 77.3 cm³/mol. The van der Waals surface area contributed by atoms with Crippen LogP contribution in [-0.4, -0.2) is 32.6 Å². The highest BCUT2D eigenvalue weighted by Crippen LogP contribution is 2.28. The Hall–Kier alpha value is -2.10. The van der Waals surface area contributed by atoms with Gasteiger partial charge in [0, 0.05) is 0 Å². The van der Waals surface area contributed by atoms with Crippen molar-refractivity contribution in [3.05, 3.63) is 24.3 Å². The first-order valence-corrected chi connectivity index (χ1v) is 7.14. The van der Waals surface area contributed by atoms with E-state index < -0.39 is 11.4 Å². The molecule has 0 unspecified atom stereocenters. The van der Waals surface area contributed by atoms with Crippen molar-refractivity contribution in [3.63, 3.8) is 0 Å². The Morgan fingerprint density at radius 2 is 1.91 bits per heavy atom. The summed E-state index contributed by atoms with van der Waals surface area (Å²) in [6.07, 6.45) is 1.27. The Kier molecular flexibility index (Phi) is 5.36. The molecule has 0 bridgehead atoms. The second kappa shape index (κ2) is 7.25. The van der Waals surface area contributed by atoms with E-state index >= 15 is 0 Å². The molecule has 2 rings (SSSR count). The van der Waals surface area contributed by atoms with Gasteiger partial charge in [0.25, 0.3) is 0 Å². The highest BCUT2D eigenvalue weighted by molar-refractivity contribution is 5.82. The molecular weight excluding hydrogens is 286 g/mol. The van der Waals surface area contributed by atoms with Crippen LogP contribution in [0.4, 0.5) is 0 Å². The summed E-state index contributed by atoms with van der Waals surface area (Å²) >= 11 is 0. The highest BCUT2D eigenvalue weighted by atomic mass is 16.7. The van der Waals surface area contributed by atoms with E-state index in [0.29, 0.717) is 11.5 Å². The normalized spacial score (nSPS) is 24.3. The molecule has 118 valence electrons. The maximum Gasteiger partial charge on any atom is 0.336 e. The van der Waals surface area contributed by atoms with Crippen LogP contribution in [0, 0.1) is 16.7 Å². The van der Waals surface area contributed by atoms with E-state index in [1.165, 1.54) is 0 Å². The number of rotatable bonds is 5. The maximum atomic E-state index is 12.3. The summed E-state index contributed by atoms with van der Waals surface area (Å²) in [5.74, 6) is 0.327. The van der Waals surface area contributed by atoms with Gasteiger partial charge >= 0.3 is 5.97 Å². The van der Waals surface area contributed by atoms with Crippen molar-refractivity contribution in [1.29, 1.82) is 5.26 Å². The molecule has 6 heteroatoms. The van der Waals surface area contributed by atoms with Gasteiger partial charge in [-0.2, -0.15) is 5.26 Å². The number of nitriles is 1. The van der Waals surface area contributed by atoms with Crippen LogP contribution in [0.25, 0.3) is 0 Å². The first-order valence-electron chi connectivity index (χ1n) is 7.14. The molecule has 0 spiro atoms. The number of methoxy groups -OCH3 is 1. The molecule has 6 nitrogen and oxygen atoms in total. The van der Waals surface area contributed by atoms with Gasteiger partial charge in [0.05, 0.1) is 26.4 Å². The zero-order valence-electron chi connectivity index (χ0n) is 12.7. The quantitative estimate of drug-likeness (QED) is 0.613. The van der Waals surface area contributed by atoms with Gasteiger partial charge in [-0.25, -0.2) is 4.79 Å². The number of hydrogen-bond donors (Lipinski definition) is 0. The van der Waals surface area contributed by atoms with Crippen molar-refractivity contribution < 1.29 is 23.7 Å². The molecule has 0 saturated carbocycles. The van der Waals surface area contributed by atoms with Crippen molar-refractivity contribution in [2.45, 2.75) is 26.1 Å². The number of carbonyl (C=O) groups excluding carboxylic acids is 1. The number of carbonyl (C=O) groups is 1. The summed E-state index contributed by atoms with van der Waals surface area (Å²) in [7, 11) is 1.55. The molecule has 0 amide bonds. The molecule has 1 aromatic rings. The maximum absolute atomic E-state index is 12.3. The number of ether oxygens (including phenoxy) is 4. The van der Waals surface area contributed by atoms with Crippen LogP contribution >= 0.6 is 0 Å². The molecular formula is C16H19NO5. The molecule has 1 saturated heterocycles. The molecule has 0 radical (unpaired) electrons. The monoisotopic (exact) mass is 305 g/mol. The van der Waals surface area contributed by atoms with Crippen molar-refractivity contribution in [1.82, 2.24) is 0 Å². The van der Waals surface area contributed by atoms with Crippen molar-refractivity contribution in [2.24, 2.45) is 5.41 Å². The molecule has 1 aromatic carbocycles. The molecule has 0 aliphatic carbocycles. The van der Waals surface area contributed by atoms with Crippen LogP contribution in [0.3, 0.4) is 0 Å². The van der Waals surface area contributed by atoms with Gasteiger partial charge in [0.15, 0.2) is 6.29 Å². The van der Waals surface area contributed by atoms with Gasteiger partial charge < -0.3 is 18.9 Å². The SMILES string of the molecule is CCCC1OCC(C#N)(C(=O)Oc2ccc(OC)cc2)CO1. The predicted octanol–water partition coefficient (Wildman–Crippen LogP) is 2.28. The minimum atomic E-state index is -1.43. The third kappa shape index (κ3) is 3.56. The fourth-order valence-electron chi connectivity index (χ4n) is 2.04. The summed E-state index contributed by atoms with van der Waals surface area (Å²) in [6, 6.07) is 8.53. The number of esters is 1. The molecule has 0 aromatic heterocycles. The summed E-state index contributed by atoms with van der Waals surface area (Å²) in [5, 5.41) is 9.36. The Morgan fingerprint density at radius 3 is 2.41 bits per heavy atom. The molecule has 1 aliphatic rings. The fourth-order valence-corrected chi connectivity index (χ4v) is 2.04. The number of hydrogen-bond acceptors (Lipinski definition) is 6. The Morgan fingerprint density at radius 1 is 1.32 bits per heavy atom. The minimum Gasteiger partial charge on any atom is -0.497 e. The lowest BCUT2D eigenvalue weighted by atomic mass is 9.91. The Balaban J connectivity index is 2.01. The van der Waals surface area contributed by atoms with E-state index in [-0.39, 0.29) is 19.5 Å². The van der Waals surface area contributed by atoms with Crippen LogP contribution < -0.4 is 9.47 Å². The Labute approximate surface area is 129 Å². The summed E-state index contributed by atoms with van der Waals surface area (Å²) in [5.41, 5.74) is -1.43. The van der Waals surface area contributed by atoms with E-state index in [1.807, 2.05) is 13.0 Å². The molecule has 1 heterocycles. The first kappa shape index (κ1) is 16.3. The lowest BCUT2D eigenvalue weighted by molar-refractivity contribution is -0.222. The molecule has 0 atom stereocenters. The van der Waals surface area contributed by atoms with Gasteiger partial charge in [0.2, 0.25) is 5.41 Å². The van der Waals surface area contributed by atoms with Crippen molar-refractivity contribution in [2.75, 3.05) is 20.3 Å². The van der Waals surface area contributed by atoms with E-state index in [9.17, 15) is 10.1 Å². The van der Waals surface area contributed by atoms with E-state index in [4.69, 9.17) is 18.9 Å². The van der Waals surface area contributed by atoms with E-state index in [2.05, 4.69) is 0 Å². The number of nitrogens with zero attached hydrogens (tertiary/aromatic N) is 1. The highest BCUT2D eigenvalue weighted by Gasteiger charge is 2.46. The second-order valence-electron chi connectivity index (χ2n) is 5.10. The van der Waals surface area contributed by atoms with E-state index in [1.54, 1.807) is 31.4 Å². The van der Waals surface area contributed by atoms with Gasteiger partial charge in [-0.15, -0.1) is 0 Å². The third-order valence-corrected chi connectivity index (χ3v) is 3.43. The third-order valence-electron chi connectivity index (χ3n) is 3.43. The number of benzene rings is 1. The van der Waals surface area contributed by atoms with Gasteiger partial charge in [-0.05, 0) is 30.7 Å². The molecule has 0 N–H and O–H groups in total. The van der Waals surface area contributed by atoms with Crippen molar-refractivity contribution in [3.8, 4) is 17.6 Å². The lowest BCUT2D eigenvalue weighted by Crippen LogP contribution is -2.48. The van der Waals surface area contributed by atoms with Crippen LogP contribution in [0.5, 0.6) is 11.5 Å². The minimum absolute atomic E-state index is 0.0246. The van der Waals surface area contributed by atoms with Crippen LogP contribution in [0.15, 0.2) is 24.3 Å². The zero-order chi connectivity index (χ0) is 16.0. The topological polar surface area (TPSA) is 77.8 Å². The van der Waals surface area contributed by atoms with Crippen LogP contribution in [0.2, 0.25) is 0 Å². The second-order valence-corrected chi connectivity index (χ2v) is 5.10. The average molecular weight is 305 g/mol. The lowest BCUT2D eigenvalue weighted by Gasteiger charge is -2.33. The summed E-state index contributed by atoms with van der Waals surface area (Å²) < 4.78 is 21.2. The van der Waals surface area contributed by atoms with Crippen LogP contribution in [0.1, 0.15) is 19.8 Å². The fraction of sp³-hybridized carbons (Fsp3) is 0.500. The Bertz CT molecular complexity index is 541. The van der Waals surface area contributed by atoms with Crippen LogP contribution in [-0.2, 0) is 14.3 Å². The zero-order valence-corrected chi connectivity index (χ0v) is 12.7. The van der Waals surface area contributed by atoms with E-state index in [0.717, 1.165) is 12.8 Å². The van der Waals surface area contributed by atoms with Gasteiger partial charge in [-0.3, -0.25) is 0 Å². The summed E-state index contributed by atoms with van der Waals surface area (Å²) in [6.45, 7) is 1.96. The van der Waals surface area contributed by atoms with Gasteiger partial charge in [-0.1, -0.05) is 13.3 Å². The van der Waals surface area contributed by atoms with Gasteiger partial charge in [0.1, 0.15) is 11.5 Å². The molecule has 1 aliphatic heterocycles. The smallest absolute Gasteiger partial charge is 0.336 e. The first-order chi connectivity index (χ1) is 10.6.